The molecule has 3 rings (SSSR count). The summed E-state index contributed by atoms with van der Waals surface area (Å²) in [5.41, 5.74) is 1.78. The van der Waals surface area contributed by atoms with Crippen LogP contribution in [0.2, 0.25) is 5.02 Å². The molecule has 2 aromatic carbocycles. The first-order valence-electron chi connectivity index (χ1n) is 7.49. The van der Waals surface area contributed by atoms with Crippen LogP contribution in [0.1, 0.15) is 18.5 Å². The van der Waals surface area contributed by atoms with Crippen LogP contribution < -0.4 is 10.0 Å². The SMILES string of the molecule is C[C@H](Nc1ccc(S(=O)(=O)Nc2nccs2)cc1Cl)c1ccccc1. The van der Waals surface area contributed by atoms with E-state index in [0.717, 1.165) is 5.56 Å². The Kier molecular flexibility index (Phi) is 5.27. The molecule has 1 heterocycles. The third-order valence-corrected chi connectivity index (χ3v) is 6.04. The molecule has 0 spiro atoms. The van der Waals surface area contributed by atoms with Gasteiger partial charge in [0.1, 0.15) is 0 Å². The van der Waals surface area contributed by atoms with E-state index >= 15 is 0 Å². The number of halogens is 1. The lowest BCUT2D eigenvalue weighted by atomic mass is 10.1. The van der Waals surface area contributed by atoms with Gasteiger partial charge in [0.15, 0.2) is 5.13 Å². The summed E-state index contributed by atoms with van der Waals surface area (Å²) in [6.07, 6.45) is 1.54. The highest BCUT2D eigenvalue weighted by Gasteiger charge is 2.17. The third-order valence-electron chi connectivity index (χ3n) is 3.58. The van der Waals surface area contributed by atoms with Gasteiger partial charge in [-0.05, 0) is 30.7 Å². The van der Waals surface area contributed by atoms with Gasteiger partial charge in [0.05, 0.1) is 15.6 Å². The van der Waals surface area contributed by atoms with Crippen LogP contribution in [0.5, 0.6) is 0 Å². The fourth-order valence-corrected chi connectivity index (χ4v) is 4.40. The van der Waals surface area contributed by atoms with Crippen LogP contribution in [-0.2, 0) is 10.0 Å². The zero-order chi connectivity index (χ0) is 17.9. The third kappa shape index (κ3) is 4.31. The van der Waals surface area contributed by atoms with Crippen molar-refractivity contribution in [3.05, 3.63) is 70.7 Å². The monoisotopic (exact) mass is 393 g/mol. The Morgan fingerprint density at radius 1 is 1.16 bits per heavy atom. The number of thiazole rings is 1. The van der Waals surface area contributed by atoms with Crippen molar-refractivity contribution in [1.82, 2.24) is 4.98 Å². The Balaban J connectivity index is 1.79. The molecule has 0 unspecified atom stereocenters. The van der Waals surface area contributed by atoms with E-state index in [2.05, 4.69) is 15.0 Å². The quantitative estimate of drug-likeness (QED) is 0.632. The Bertz CT molecular complexity index is 945. The van der Waals surface area contributed by atoms with Crippen molar-refractivity contribution in [2.45, 2.75) is 17.9 Å². The molecule has 2 N–H and O–H groups in total. The fraction of sp³-hybridized carbons (Fsp3) is 0.118. The number of hydrogen-bond donors (Lipinski definition) is 2. The van der Waals surface area contributed by atoms with Crippen LogP contribution in [0.3, 0.4) is 0 Å². The van der Waals surface area contributed by atoms with E-state index in [-0.39, 0.29) is 10.9 Å². The molecule has 0 aliphatic heterocycles. The summed E-state index contributed by atoms with van der Waals surface area (Å²) in [6, 6.07) is 14.6. The molecule has 0 radical (unpaired) electrons. The molecule has 0 aliphatic carbocycles. The second-order valence-corrected chi connectivity index (χ2v) is 8.35. The number of aromatic nitrogens is 1. The van der Waals surface area contributed by atoms with Crippen molar-refractivity contribution >= 4 is 43.8 Å². The Labute approximate surface area is 155 Å². The smallest absolute Gasteiger partial charge is 0.263 e. The summed E-state index contributed by atoms with van der Waals surface area (Å²) in [5, 5.41) is 5.64. The molecule has 8 heteroatoms. The Morgan fingerprint density at radius 2 is 1.92 bits per heavy atom. The normalized spacial score (nSPS) is 12.6. The van der Waals surface area contributed by atoms with Crippen LogP contribution in [0.15, 0.2) is 65.0 Å². The molecule has 0 amide bonds. The highest BCUT2D eigenvalue weighted by Crippen LogP contribution is 2.29. The van der Waals surface area contributed by atoms with Gasteiger partial charge in [0.2, 0.25) is 0 Å². The number of anilines is 2. The Morgan fingerprint density at radius 3 is 2.56 bits per heavy atom. The number of nitrogens with zero attached hydrogens (tertiary/aromatic N) is 1. The lowest BCUT2D eigenvalue weighted by Gasteiger charge is -2.17. The second kappa shape index (κ2) is 7.43. The molecular weight excluding hydrogens is 378 g/mol. The summed E-state index contributed by atoms with van der Waals surface area (Å²) in [4.78, 5) is 4.01. The van der Waals surface area contributed by atoms with Crippen LogP contribution in [0.25, 0.3) is 0 Å². The van der Waals surface area contributed by atoms with Gasteiger partial charge in [-0.1, -0.05) is 41.9 Å². The van der Waals surface area contributed by atoms with E-state index in [1.165, 1.54) is 29.7 Å². The first-order valence-corrected chi connectivity index (χ1v) is 10.2. The van der Waals surface area contributed by atoms with E-state index in [1.807, 2.05) is 37.3 Å². The molecular formula is C17H16ClN3O2S2. The van der Waals surface area contributed by atoms with Crippen LogP contribution in [0.4, 0.5) is 10.8 Å². The van der Waals surface area contributed by atoms with Gasteiger partial charge in [-0.3, -0.25) is 4.72 Å². The maximum Gasteiger partial charge on any atom is 0.263 e. The molecule has 0 saturated heterocycles. The predicted octanol–water partition coefficient (Wildman–Crippen LogP) is 4.77. The minimum Gasteiger partial charge on any atom is -0.377 e. The highest BCUT2D eigenvalue weighted by atomic mass is 35.5. The van der Waals surface area contributed by atoms with Crippen molar-refractivity contribution in [3.8, 4) is 0 Å². The van der Waals surface area contributed by atoms with Gasteiger partial charge < -0.3 is 5.32 Å². The van der Waals surface area contributed by atoms with E-state index in [9.17, 15) is 8.42 Å². The molecule has 1 atom stereocenters. The first kappa shape index (κ1) is 17.7. The van der Waals surface area contributed by atoms with Crippen molar-refractivity contribution in [3.63, 3.8) is 0 Å². The molecule has 25 heavy (non-hydrogen) atoms. The van der Waals surface area contributed by atoms with E-state index in [0.29, 0.717) is 15.8 Å². The number of rotatable bonds is 6. The molecule has 1 aromatic heterocycles. The van der Waals surface area contributed by atoms with Crippen molar-refractivity contribution in [2.75, 3.05) is 10.0 Å². The zero-order valence-corrected chi connectivity index (χ0v) is 15.7. The second-order valence-electron chi connectivity index (χ2n) is 5.36. The van der Waals surface area contributed by atoms with Crippen LogP contribution >= 0.6 is 22.9 Å². The average molecular weight is 394 g/mol. The molecule has 0 fully saturated rings. The maximum absolute atomic E-state index is 12.4. The van der Waals surface area contributed by atoms with Crippen LogP contribution in [-0.4, -0.2) is 13.4 Å². The summed E-state index contributed by atoms with van der Waals surface area (Å²) in [5.74, 6) is 0. The predicted molar refractivity (Wildman–Crippen MR) is 103 cm³/mol. The van der Waals surface area contributed by atoms with Crippen molar-refractivity contribution < 1.29 is 8.42 Å². The Hall–Kier alpha value is -2.09. The summed E-state index contributed by atoms with van der Waals surface area (Å²) >= 11 is 7.49. The van der Waals surface area contributed by atoms with Gasteiger partial charge in [-0.2, -0.15) is 0 Å². The standard InChI is InChI=1S/C17H16ClN3O2S2/c1-12(13-5-3-2-4-6-13)20-16-8-7-14(11-15(16)18)25(22,23)21-17-19-9-10-24-17/h2-12,20H,1H3,(H,19,21)/t12-/m0/s1. The van der Waals surface area contributed by atoms with Gasteiger partial charge >= 0.3 is 0 Å². The number of sulfonamides is 1. The number of hydrogen-bond acceptors (Lipinski definition) is 5. The minimum atomic E-state index is -3.72. The molecule has 5 nitrogen and oxygen atoms in total. The summed E-state index contributed by atoms with van der Waals surface area (Å²) in [6.45, 7) is 2.01. The average Bonchev–Trinajstić information content (AvgIpc) is 3.09. The molecule has 0 aliphatic rings. The van der Waals surface area contributed by atoms with E-state index in [1.54, 1.807) is 11.4 Å². The highest BCUT2D eigenvalue weighted by molar-refractivity contribution is 7.93. The van der Waals surface area contributed by atoms with E-state index < -0.39 is 10.0 Å². The van der Waals surface area contributed by atoms with Gasteiger partial charge in [0, 0.05) is 17.6 Å². The first-order chi connectivity index (χ1) is 12.0. The van der Waals surface area contributed by atoms with Crippen molar-refractivity contribution in [1.29, 1.82) is 0 Å². The number of nitrogens with one attached hydrogen (secondary N) is 2. The van der Waals surface area contributed by atoms with E-state index in [4.69, 9.17) is 11.6 Å². The molecule has 0 bridgehead atoms. The van der Waals surface area contributed by atoms with Crippen molar-refractivity contribution in [2.24, 2.45) is 0 Å². The largest absolute Gasteiger partial charge is 0.377 e. The molecule has 0 saturated carbocycles. The van der Waals surface area contributed by atoms with Gasteiger partial charge in [-0.25, -0.2) is 13.4 Å². The summed E-state index contributed by atoms with van der Waals surface area (Å²) in [7, 11) is -3.72. The fourth-order valence-electron chi connectivity index (χ4n) is 2.29. The molecule has 3 aromatic rings. The lowest BCUT2D eigenvalue weighted by Crippen LogP contribution is -2.13. The summed E-state index contributed by atoms with van der Waals surface area (Å²) < 4.78 is 27.2. The number of benzene rings is 2. The zero-order valence-electron chi connectivity index (χ0n) is 13.3. The minimum absolute atomic E-state index is 0.0367. The lowest BCUT2D eigenvalue weighted by molar-refractivity contribution is 0.601. The molecule has 130 valence electrons. The topological polar surface area (TPSA) is 71.1 Å². The maximum atomic E-state index is 12.4. The van der Waals surface area contributed by atoms with Gasteiger partial charge in [-0.15, -0.1) is 11.3 Å². The van der Waals surface area contributed by atoms with Gasteiger partial charge in [0.25, 0.3) is 10.0 Å². The van der Waals surface area contributed by atoms with Crippen LogP contribution in [0, 0.1) is 0 Å².